The molecular weight excluding hydrogens is 356 g/mol. The van der Waals surface area contributed by atoms with Crippen molar-refractivity contribution >= 4 is 26.0 Å². The van der Waals surface area contributed by atoms with Crippen LogP contribution in [0.25, 0.3) is 0 Å². The molecule has 1 aromatic rings. The van der Waals surface area contributed by atoms with Gasteiger partial charge in [-0.3, -0.25) is 0 Å². The van der Waals surface area contributed by atoms with Crippen LogP contribution in [0.1, 0.15) is 44.8 Å². The van der Waals surface area contributed by atoms with E-state index < -0.39 is 10.0 Å². The van der Waals surface area contributed by atoms with Crippen LogP contribution in [0, 0.1) is 11.8 Å². The van der Waals surface area contributed by atoms with Gasteiger partial charge in [0.15, 0.2) is 4.67 Å². The van der Waals surface area contributed by atoms with Gasteiger partial charge in [-0.2, -0.15) is 0 Å². The molecule has 1 heterocycles. The lowest BCUT2D eigenvalue weighted by Gasteiger charge is -2.27. The minimum absolute atomic E-state index is 0.130. The van der Waals surface area contributed by atoms with Gasteiger partial charge in [0.05, 0.1) is 6.54 Å². The van der Waals surface area contributed by atoms with Crippen LogP contribution in [0.2, 0.25) is 0 Å². The van der Waals surface area contributed by atoms with E-state index in [-0.39, 0.29) is 16.1 Å². The van der Waals surface area contributed by atoms with Gasteiger partial charge in [0.25, 0.3) is 0 Å². The van der Waals surface area contributed by atoms with Crippen LogP contribution in [0.4, 0.5) is 0 Å². The summed E-state index contributed by atoms with van der Waals surface area (Å²) in [6.45, 7) is 2.89. The molecule has 0 atom stereocenters. The Morgan fingerprint density at radius 2 is 1.95 bits per heavy atom. The average molecular weight is 379 g/mol. The quantitative estimate of drug-likeness (QED) is 0.796. The van der Waals surface area contributed by atoms with Crippen molar-refractivity contribution in [2.45, 2.75) is 50.5 Å². The van der Waals surface area contributed by atoms with Crippen molar-refractivity contribution in [2.24, 2.45) is 17.6 Å². The van der Waals surface area contributed by atoms with E-state index in [1.54, 1.807) is 0 Å². The summed E-state index contributed by atoms with van der Waals surface area (Å²) in [4.78, 5) is 0.130. The second-order valence-corrected chi connectivity index (χ2v) is 8.16. The molecule has 1 saturated carbocycles. The van der Waals surface area contributed by atoms with Gasteiger partial charge in [0.1, 0.15) is 10.7 Å². The van der Waals surface area contributed by atoms with Gasteiger partial charge in [-0.05, 0) is 40.6 Å². The highest BCUT2D eigenvalue weighted by atomic mass is 79.9. The number of rotatable bonds is 6. The number of sulfonamides is 1. The van der Waals surface area contributed by atoms with Crippen molar-refractivity contribution in [2.75, 3.05) is 6.54 Å². The van der Waals surface area contributed by atoms with E-state index in [1.807, 2.05) is 0 Å². The van der Waals surface area contributed by atoms with Gasteiger partial charge in [-0.15, -0.1) is 0 Å². The summed E-state index contributed by atoms with van der Waals surface area (Å²) in [6, 6.07) is 1.47. The first kappa shape index (κ1) is 17.0. The molecular formula is C14H23BrN2O3S. The molecule has 1 aromatic heterocycles. The van der Waals surface area contributed by atoms with Gasteiger partial charge >= 0.3 is 0 Å². The van der Waals surface area contributed by atoms with Crippen LogP contribution < -0.4 is 10.5 Å². The molecule has 5 nitrogen and oxygen atoms in total. The predicted molar refractivity (Wildman–Crippen MR) is 85.2 cm³/mol. The Bertz CT molecular complexity index is 563. The maximum atomic E-state index is 12.3. The van der Waals surface area contributed by atoms with Crippen LogP contribution in [0.5, 0.6) is 0 Å². The fraction of sp³-hybridized carbons (Fsp3) is 0.714. The molecule has 0 spiro atoms. The molecule has 0 aromatic carbocycles. The first-order valence-electron chi connectivity index (χ1n) is 7.44. The first-order valence-corrected chi connectivity index (χ1v) is 9.71. The molecule has 0 radical (unpaired) electrons. The summed E-state index contributed by atoms with van der Waals surface area (Å²) in [6.07, 6.45) is 5.83. The number of halogens is 1. The predicted octanol–water partition coefficient (Wildman–Crippen LogP) is 3.00. The third-order valence-electron chi connectivity index (χ3n) is 4.30. The highest BCUT2D eigenvalue weighted by Gasteiger charge is 2.25. The Labute approximate surface area is 134 Å². The lowest BCUT2D eigenvalue weighted by molar-refractivity contribution is 0.270. The number of furan rings is 1. The van der Waals surface area contributed by atoms with E-state index in [2.05, 4.69) is 27.6 Å². The molecule has 1 fully saturated rings. The van der Waals surface area contributed by atoms with Crippen molar-refractivity contribution in [3.8, 4) is 0 Å². The standard InChI is InChI=1S/C14H23BrN2O3S/c1-2-10-3-5-11(6-4-10)9-17-21(18,19)13-7-12(8-16)20-14(13)15/h7,10-11,17H,2-6,8-9,16H2,1H3. The monoisotopic (exact) mass is 378 g/mol. The van der Waals surface area contributed by atoms with Crippen molar-refractivity contribution in [1.82, 2.24) is 4.72 Å². The van der Waals surface area contributed by atoms with Crippen molar-refractivity contribution < 1.29 is 12.8 Å². The van der Waals surface area contributed by atoms with Crippen LogP contribution in [0.15, 0.2) is 20.0 Å². The Balaban J connectivity index is 1.94. The molecule has 0 unspecified atom stereocenters. The lowest BCUT2D eigenvalue weighted by Crippen LogP contribution is -2.31. The summed E-state index contributed by atoms with van der Waals surface area (Å²) in [5.74, 6) is 1.70. The second-order valence-electron chi connectivity index (χ2n) is 5.70. The molecule has 1 aliphatic carbocycles. The Morgan fingerprint density at radius 1 is 1.33 bits per heavy atom. The Morgan fingerprint density at radius 3 is 2.48 bits per heavy atom. The van der Waals surface area contributed by atoms with Gasteiger partial charge in [0, 0.05) is 12.6 Å². The minimum atomic E-state index is -3.54. The van der Waals surface area contributed by atoms with Gasteiger partial charge in [0.2, 0.25) is 10.0 Å². The Hall–Kier alpha value is -0.370. The Kier molecular flexibility index (Phi) is 5.88. The average Bonchev–Trinajstić information content (AvgIpc) is 2.88. The number of nitrogens with two attached hydrogens (primary N) is 1. The third-order valence-corrected chi connectivity index (χ3v) is 6.58. The topological polar surface area (TPSA) is 85.3 Å². The van der Waals surface area contributed by atoms with Crippen molar-refractivity contribution in [3.05, 3.63) is 16.5 Å². The third kappa shape index (κ3) is 4.31. The molecule has 0 aliphatic heterocycles. The molecule has 120 valence electrons. The van der Waals surface area contributed by atoms with E-state index in [0.29, 0.717) is 18.2 Å². The number of nitrogens with one attached hydrogen (secondary N) is 1. The van der Waals surface area contributed by atoms with Crippen LogP contribution >= 0.6 is 15.9 Å². The summed E-state index contributed by atoms with van der Waals surface area (Å²) in [5.41, 5.74) is 5.46. The minimum Gasteiger partial charge on any atom is -0.452 e. The smallest absolute Gasteiger partial charge is 0.244 e. The van der Waals surface area contributed by atoms with Gasteiger partial charge in [-0.1, -0.05) is 26.2 Å². The SMILES string of the molecule is CCC1CCC(CNS(=O)(=O)c2cc(CN)oc2Br)CC1. The van der Waals surface area contributed by atoms with E-state index in [1.165, 1.54) is 25.3 Å². The molecule has 21 heavy (non-hydrogen) atoms. The summed E-state index contributed by atoms with van der Waals surface area (Å²) < 4.78 is 32.8. The first-order chi connectivity index (χ1) is 9.96. The van der Waals surface area contributed by atoms with Crippen LogP contribution in [0.3, 0.4) is 0 Å². The van der Waals surface area contributed by atoms with Gasteiger partial charge in [-0.25, -0.2) is 13.1 Å². The molecule has 2 rings (SSSR count). The summed E-state index contributed by atoms with van der Waals surface area (Å²) in [5, 5.41) is 0. The number of hydrogen-bond acceptors (Lipinski definition) is 4. The highest BCUT2D eigenvalue weighted by Crippen LogP contribution is 2.31. The fourth-order valence-corrected chi connectivity index (χ4v) is 4.94. The maximum absolute atomic E-state index is 12.3. The van der Waals surface area contributed by atoms with E-state index in [4.69, 9.17) is 10.2 Å². The lowest BCUT2D eigenvalue weighted by atomic mass is 9.81. The zero-order valence-electron chi connectivity index (χ0n) is 12.3. The highest BCUT2D eigenvalue weighted by molar-refractivity contribution is 9.10. The second kappa shape index (κ2) is 7.26. The normalized spacial score (nSPS) is 23.4. The molecule has 7 heteroatoms. The largest absolute Gasteiger partial charge is 0.452 e. The van der Waals surface area contributed by atoms with E-state index in [0.717, 1.165) is 18.8 Å². The van der Waals surface area contributed by atoms with Crippen LogP contribution in [-0.4, -0.2) is 15.0 Å². The molecule has 3 N–H and O–H groups in total. The summed E-state index contributed by atoms with van der Waals surface area (Å²) >= 11 is 3.14. The van der Waals surface area contributed by atoms with Gasteiger partial charge < -0.3 is 10.2 Å². The molecule has 0 amide bonds. The zero-order valence-corrected chi connectivity index (χ0v) is 14.7. The molecule has 1 aliphatic rings. The van der Waals surface area contributed by atoms with Crippen molar-refractivity contribution in [1.29, 1.82) is 0 Å². The van der Waals surface area contributed by atoms with E-state index in [9.17, 15) is 8.42 Å². The maximum Gasteiger partial charge on any atom is 0.244 e. The fourth-order valence-electron chi connectivity index (χ4n) is 2.83. The van der Waals surface area contributed by atoms with E-state index >= 15 is 0 Å². The van der Waals surface area contributed by atoms with Crippen LogP contribution in [-0.2, 0) is 16.6 Å². The molecule has 0 saturated heterocycles. The zero-order chi connectivity index (χ0) is 15.5. The summed E-state index contributed by atoms with van der Waals surface area (Å²) in [7, 11) is -3.54. The number of hydrogen-bond donors (Lipinski definition) is 2. The van der Waals surface area contributed by atoms with Crippen molar-refractivity contribution in [3.63, 3.8) is 0 Å². The molecule has 0 bridgehead atoms.